The van der Waals surface area contributed by atoms with Crippen molar-refractivity contribution in [1.29, 1.82) is 0 Å². The number of benzene rings is 2. The highest BCUT2D eigenvalue weighted by molar-refractivity contribution is 5.54. The molecule has 2 aromatic carbocycles. The van der Waals surface area contributed by atoms with E-state index in [0.717, 1.165) is 23.6 Å². The summed E-state index contributed by atoms with van der Waals surface area (Å²) >= 11 is 0. The van der Waals surface area contributed by atoms with Crippen molar-refractivity contribution in [2.45, 2.75) is 13.5 Å². The lowest BCUT2D eigenvalue weighted by atomic mass is 10.1. The van der Waals surface area contributed by atoms with Gasteiger partial charge < -0.3 is 14.0 Å². The third-order valence-electron chi connectivity index (χ3n) is 3.98. The number of hydrogen-bond donors (Lipinski definition) is 0. The zero-order valence-corrected chi connectivity index (χ0v) is 15.3. The lowest BCUT2D eigenvalue weighted by molar-refractivity contribution is 0.208. The van der Waals surface area contributed by atoms with E-state index in [2.05, 4.69) is 15.0 Å². The Morgan fingerprint density at radius 1 is 1.04 bits per heavy atom. The third kappa shape index (κ3) is 4.61. The molecule has 1 aromatic heterocycles. The summed E-state index contributed by atoms with van der Waals surface area (Å²) in [6, 6.07) is 15.7. The Kier molecular flexibility index (Phi) is 5.86. The highest BCUT2D eigenvalue weighted by Gasteiger charge is 2.11. The molecule has 136 valence electrons. The Morgan fingerprint density at radius 2 is 1.77 bits per heavy atom. The topological polar surface area (TPSA) is 60.6 Å². The molecule has 3 aromatic rings. The maximum atomic E-state index is 5.79. The van der Waals surface area contributed by atoms with E-state index in [1.165, 1.54) is 5.56 Å². The van der Waals surface area contributed by atoms with Gasteiger partial charge in [-0.05, 0) is 26.1 Å². The monoisotopic (exact) mass is 353 g/mol. The fourth-order valence-corrected chi connectivity index (χ4v) is 2.50. The minimum atomic E-state index is 0.538. The van der Waals surface area contributed by atoms with Crippen molar-refractivity contribution in [3.8, 4) is 22.9 Å². The van der Waals surface area contributed by atoms with Crippen LogP contribution in [0.25, 0.3) is 11.4 Å². The van der Waals surface area contributed by atoms with Crippen molar-refractivity contribution >= 4 is 0 Å². The van der Waals surface area contributed by atoms with Crippen LogP contribution in [0.1, 0.15) is 11.5 Å². The zero-order valence-electron chi connectivity index (χ0n) is 15.3. The quantitative estimate of drug-likeness (QED) is 0.617. The van der Waals surface area contributed by atoms with E-state index in [4.69, 9.17) is 14.0 Å². The summed E-state index contributed by atoms with van der Waals surface area (Å²) in [6.07, 6.45) is 0. The van der Waals surface area contributed by atoms with Gasteiger partial charge in [0.2, 0.25) is 11.7 Å². The molecule has 0 bridgehead atoms. The van der Waals surface area contributed by atoms with Crippen LogP contribution in [0.4, 0.5) is 0 Å². The Hall–Kier alpha value is -2.86. The predicted octanol–water partition coefficient (Wildman–Crippen LogP) is 3.56. The molecule has 0 aliphatic heterocycles. The molecule has 0 unspecified atom stereocenters. The van der Waals surface area contributed by atoms with Crippen LogP contribution in [0.5, 0.6) is 11.5 Å². The number of nitrogens with zero attached hydrogens (tertiary/aromatic N) is 3. The number of likely N-dealkylation sites (N-methyl/N-ethyl adjacent to an activating group) is 1. The van der Waals surface area contributed by atoms with Crippen LogP contribution in [0.3, 0.4) is 0 Å². The fraction of sp³-hybridized carbons (Fsp3) is 0.300. The first-order chi connectivity index (χ1) is 12.7. The van der Waals surface area contributed by atoms with E-state index in [0.29, 0.717) is 24.9 Å². The lowest BCUT2D eigenvalue weighted by Crippen LogP contribution is -2.24. The second kappa shape index (κ2) is 8.49. The number of ether oxygens (including phenoxy) is 2. The standard InChI is InChI=1S/C20H23N3O3/c1-15-8-10-16(11-9-15)20-21-19(26-22-20)14-23(2)12-13-25-18-7-5-4-6-17(18)24-3/h4-11H,12-14H2,1-3H3. The van der Waals surface area contributed by atoms with Gasteiger partial charge in [-0.2, -0.15) is 4.98 Å². The van der Waals surface area contributed by atoms with Crippen molar-refractivity contribution < 1.29 is 14.0 Å². The molecule has 6 heteroatoms. The highest BCUT2D eigenvalue weighted by Crippen LogP contribution is 2.25. The summed E-state index contributed by atoms with van der Waals surface area (Å²) < 4.78 is 16.4. The second-order valence-corrected chi connectivity index (χ2v) is 6.11. The van der Waals surface area contributed by atoms with E-state index in [1.54, 1.807) is 7.11 Å². The number of para-hydroxylation sites is 2. The van der Waals surface area contributed by atoms with Gasteiger partial charge in [0.1, 0.15) is 6.61 Å². The molecule has 0 atom stereocenters. The van der Waals surface area contributed by atoms with Gasteiger partial charge in [-0.1, -0.05) is 47.1 Å². The van der Waals surface area contributed by atoms with Crippen molar-refractivity contribution in [1.82, 2.24) is 15.0 Å². The van der Waals surface area contributed by atoms with Gasteiger partial charge in [-0.15, -0.1) is 0 Å². The molecular weight excluding hydrogens is 330 g/mol. The molecule has 0 spiro atoms. The molecule has 0 saturated carbocycles. The molecule has 0 radical (unpaired) electrons. The molecule has 26 heavy (non-hydrogen) atoms. The number of methoxy groups -OCH3 is 1. The average Bonchev–Trinajstić information content (AvgIpc) is 3.11. The normalized spacial score (nSPS) is 10.9. The van der Waals surface area contributed by atoms with Gasteiger partial charge in [0.05, 0.1) is 13.7 Å². The fourth-order valence-electron chi connectivity index (χ4n) is 2.50. The zero-order chi connectivity index (χ0) is 18.4. The van der Waals surface area contributed by atoms with Crippen LogP contribution in [0.15, 0.2) is 53.1 Å². The first-order valence-corrected chi connectivity index (χ1v) is 8.49. The van der Waals surface area contributed by atoms with Crippen LogP contribution < -0.4 is 9.47 Å². The third-order valence-corrected chi connectivity index (χ3v) is 3.98. The molecule has 0 aliphatic carbocycles. The molecule has 0 N–H and O–H groups in total. The number of rotatable bonds is 8. The minimum absolute atomic E-state index is 0.538. The van der Waals surface area contributed by atoms with Crippen LogP contribution >= 0.6 is 0 Å². The van der Waals surface area contributed by atoms with Crippen molar-refractivity contribution in [3.05, 3.63) is 60.0 Å². The smallest absolute Gasteiger partial charge is 0.241 e. The summed E-state index contributed by atoms with van der Waals surface area (Å²) in [4.78, 5) is 6.53. The maximum absolute atomic E-state index is 5.79. The molecular formula is C20H23N3O3. The second-order valence-electron chi connectivity index (χ2n) is 6.11. The number of aryl methyl sites for hydroxylation is 1. The van der Waals surface area contributed by atoms with Crippen LogP contribution in [0, 0.1) is 6.92 Å². The molecule has 0 aliphatic rings. The van der Waals surface area contributed by atoms with Gasteiger partial charge in [-0.25, -0.2) is 0 Å². The summed E-state index contributed by atoms with van der Waals surface area (Å²) in [5.74, 6) is 2.66. The van der Waals surface area contributed by atoms with Crippen LogP contribution in [0.2, 0.25) is 0 Å². The molecule has 0 fully saturated rings. The van der Waals surface area contributed by atoms with Gasteiger partial charge in [0.15, 0.2) is 11.5 Å². The van der Waals surface area contributed by atoms with Gasteiger partial charge in [0.25, 0.3) is 0 Å². The molecule has 6 nitrogen and oxygen atoms in total. The van der Waals surface area contributed by atoms with Gasteiger partial charge in [0, 0.05) is 12.1 Å². The molecule has 0 amide bonds. The van der Waals surface area contributed by atoms with Crippen molar-refractivity contribution in [3.63, 3.8) is 0 Å². The summed E-state index contributed by atoms with van der Waals surface area (Å²) in [5, 5.41) is 4.06. The summed E-state index contributed by atoms with van der Waals surface area (Å²) in [7, 11) is 3.62. The Labute approximate surface area is 153 Å². The SMILES string of the molecule is COc1ccccc1OCCN(C)Cc1nc(-c2ccc(C)cc2)no1. The summed E-state index contributed by atoms with van der Waals surface area (Å²) in [6.45, 7) is 3.87. The number of aromatic nitrogens is 2. The van der Waals surface area contributed by atoms with E-state index in [9.17, 15) is 0 Å². The van der Waals surface area contributed by atoms with E-state index in [-0.39, 0.29) is 0 Å². The summed E-state index contributed by atoms with van der Waals surface area (Å²) in [5.41, 5.74) is 2.15. The molecule has 1 heterocycles. The minimum Gasteiger partial charge on any atom is -0.493 e. The van der Waals surface area contributed by atoms with Crippen molar-refractivity contribution in [2.75, 3.05) is 27.3 Å². The van der Waals surface area contributed by atoms with E-state index >= 15 is 0 Å². The van der Waals surface area contributed by atoms with Crippen LogP contribution in [-0.4, -0.2) is 42.3 Å². The number of hydrogen-bond acceptors (Lipinski definition) is 6. The molecule has 0 saturated heterocycles. The van der Waals surface area contributed by atoms with Crippen molar-refractivity contribution in [2.24, 2.45) is 0 Å². The molecule has 3 rings (SSSR count). The highest BCUT2D eigenvalue weighted by atomic mass is 16.5. The van der Waals surface area contributed by atoms with E-state index in [1.807, 2.05) is 62.5 Å². The first-order valence-electron chi connectivity index (χ1n) is 8.49. The lowest BCUT2D eigenvalue weighted by Gasteiger charge is -2.15. The van der Waals surface area contributed by atoms with Gasteiger partial charge >= 0.3 is 0 Å². The van der Waals surface area contributed by atoms with E-state index < -0.39 is 0 Å². The average molecular weight is 353 g/mol. The predicted molar refractivity (Wildman–Crippen MR) is 99.3 cm³/mol. The largest absolute Gasteiger partial charge is 0.493 e. The first kappa shape index (κ1) is 17.9. The Bertz CT molecular complexity index is 830. The maximum Gasteiger partial charge on any atom is 0.241 e. The Morgan fingerprint density at radius 3 is 2.50 bits per heavy atom. The van der Waals surface area contributed by atoms with Crippen LogP contribution in [-0.2, 0) is 6.54 Å². The Balaban J connectivity index is 1.51. The van der Waals surface area contributed by atoms with Gasteiger partial charge in [-0.3, -0.25) is 4.90 Å².